The zero-order valence-corrected chi connectivity index (χ0v) is 16.6. The molecule has 9 nitrogen and oxygen atoms in total. The van der Waals surface area contributed by atoms with E-state index < -0.39 is 36.0 Å². The Balaban J connectivity index is 2.72. The smallest absolute Gasteiger partial charge is 0.357 e. The molecule has 0 spiro atoms. The topological polar surface area (TPSA) is 124 Å². The summed E-state index contributed by atoms with van der Waals surface area (Å²) in [4.78, 5) is 51.8. The molecule has 28 heavy (non-hydrogen) atoms. The highest BCUT2D eigenvalue weighted by Gasteiger charge is 2.22. The molecule has 0 aliphatic heterocycles. The van der Waals surface area contributed by atoms with Gasteiger partial charge in [0.05, 0.1) is 0 Å². The van der Waals surface area contributed by atoms with Crippen LogP contribution >= 0.6 is 0 Å². The van der Waals surface area contributed by atoms with Gasteiger partial charge in [0.1, 0.15) is 11.4 Å². The molecule has 0 radical (unpaired) electrons. The number of nitrogens with one attached hydrogen (secondary N) is 2. The maximum absolute atomic E-state index is 12.2. The molecular weight excluding hydrogens is 366 g/mol. The van der Waals surface area contributed by atoms with Crippen molar-refractivity contribution in [2.24, 2.45) is 0 Å². The summed E-state index contributed by atoms with van der Waals surface area (Å²) in [5, 5.41) is 5.23. The Hall–Kier alpha value is -2.97. The highest BCUT2D eigenvalue weighted by Crippen LogP contribution is 2.07. The minimum atomic E-state index is -1.00. The van der Waals surface area contributed by atoms with E-state index in [1.165, 1.54) is 32.0 Å². The van der Waals surface area contributed by atoms with Gasteiger partial charge in [-0.1, -0.05) is 19.9 Å². The van der Waals surface area contributed by atoms with E-state index in [1.807, 2.05) is 13.8 Å². The van der Waals surface area contributed by atoms with E-state index in [0.29, 0.717) is 13.1 Å². The average molecular weight is 393 g/mol. The van der Waals surface area contributed by atoms with E-state index >= 15 is 0 Å². The van der Waals surface area contributed by atoms with Crippen LogP contribution in [0.4, 0.5) is 0 Å². The summed E-state index contributed by atoms with van der Waals surface area (Å²) in [6.45, 7) is 7.64. The first kappa shape index (κ1) is 23.1. The second-order valence-electron chi connectivity index (χ2n) is 6.09. The zero-order chi connectivity index (χ0) is 21.1. The second kappa shape index (κ2) is 11.7. The van der Waals surface area contributed by atoms with Gasteiger partial charge in [0.25, 0.3) is 11.8 Å². The fourth-order valence-corrected chi connectivity index (χ4v) is 1.99. The van der Waals surface area contributed by atoms with Crippen LogP contribution in [0.1, 0.15) is 61.5 Å². The Bertz CT molecular complexity index is 651. The Kier molecular flexibility index (Phi) is 9.63. The summed E-state index contributed by atoms with van der Waals surface area (Å²) in [6, 6.07) is 4.14. The quantitative estimate of drug-likeness (QED) is 0.573. The van der Waals surface area contributed by atoms with Gasteiger partial charge in [0.2, 0.25) is 0 Å². The molecule has 154 valence electrons. The molecule has 0 aliphatic rings. The van der Waals surface area contributed by atoms with E-state index in [-0.39, 0.29) is 11.4 Å². The van der Waals surface area contributed by atoms with Gasteiger partial charge in [-0.15, -0.1) is 0 Å². The van der Waals surface area contributed by atoms with Crippen LogP contribution in [-0.2, 0) is 19.1 Å². The van der Waals surface area contributed by atoms with Gasteiger partial charge in [0.15, 0.2) is 12.2 Å². The van der Waals surface area contributed by atoms with Crippen LogP contribution in [0.25, 0.3) is 0 Å². The largest absolute Gasteiger partial charge is 0.448 e. The van der Waals surface area contributed by atoms with Crippen molar-refractivity contribution in [3.8, 4) is 0 Å². The second-order valence-corrected chi connectivity index (χ2v) is 6.09. The number of pyridine rings is 1. The van der Waals surface area contributed by atoms with E-state index in [2.05, 4.69) is 15.6 Å². The van der Waals surface area contributed by atoms with Crippen LogP contribution in [0.3, 0.4) is 0 Å². The molecule has 2 amide bonds. The molecule has 1 aromatic rings. The molecule has 2 atom stereocenters. The zero-order valence-electron chi connectivity index (χ0n) is 16.6. The van der Waals surface area contributed by atoms with Gasteiger partial charge in [0, 0.05) is 13.1 Å². The van der Waals surface area contributed by atoms with Gasteiger partial charge >= 0.3 is 11.9 Å². The van der Waals surface area contributed by atoms with Gasteiger partial charge in [-0.3, -0.25) is 9.59 Å². The summed E-state index contributed by atoms with van der Waals surface area (Å²) < 4.78 is 10.1. The first-order chi connectivity index (χ1) is 13.3. The lowest BCUT2D eigenvalue weighted by molar-refractivity contribution is -0.129. The average Bonchev–Trinajstić information content (AvgIpc) is 2.69. The Morgan fingerprint density at radius 2 is 1.25 bits per heavy atom. The maximum atomic E-state index is 12.2. The van der Waals surface area contributed by atoms with Crippen molar-refractivity contribution in [3.63, 3.8) is 0 Å². The molecule has 0 aromatic carbocycles. The fourth-order valence-electron chi connectivity index (χ4n) is 1.99. The van der Waals surface area contributed by atoms with E-state index in [9.17, 15) is 19.2 Å². The number of aromatic nitrogens is 1. The third kappa shape index (κ3) is 7.34. The predicted molar refractivity (Wildman–Crippen MR) is 101 cm³/mol. The van der Waals surface area contributed by atoms with Crippen molar-refractivity contribution in [2.45, 2.75) is 52.7 Å². The third-order valence-corrected chi connectivity index (χ3v) is 3.57. The van der Waals surface area contributed by atoms with E-state index in [4.69, 9.17) is 9.47 Å². The van der Waals surface area contributed by atoms with Crippen LogP contribution in [0.15, 0.2) is 18.2 Å². The van der Waals surface area contributed by atoms with Gasteiger partial charge in [-0.05, 0) is 38.8 Å². The lowest BCUT2D eigenvalue weighted by Gasteiger charge is -2.14. The number of hydrogen-bond acceptors (Lipinski definition) is 7. The summed E-state index contributed by atoms with van der Waals surface area (Å²) in [5.74, 6) is -2.53. The molecule has 1 rings (SSSR count). The fraction of sp³-hybridized carbons (Fsp3) is 0.526. The van der Waals surface area contributed by atoms with Crippen LogP contribution in [0.2, 0.25) is 0 Å². The van der Waals surface area contributed by atoms with E-state index in [1.54, 1.807) is 0 Å². The van der Waals surface area contributed by atoms with Gasteiger partial charge < -0.3 is 20.1 Å². The van der Waals surface area contributed by atoms with Crippen LogP contribution in [0.5, 0.6) is 0 Å². The van der Waals surface area contributed by atoms with Crippen molar-refractivity contribution in [1.29, 1.82) is 0 Å². The molecule has 1 aromatic heterocycles. The van der Waals surface area contributed by atoms with Gasteiger partial charge in [-0.25, -0.2) is 14.6 Å². The highest BCUT2D eigenvalue weighted by molar-refractivity contribution is 5.94. The Morgan fingerprint density at radius 3 is 1.61 bits per heavy atom. The van der Waals surface area contributed by atoms with E-state index in [0.717, 1.165) is 12.8 Å². The van der Waals surface area contributed by atoms with Crippen molar-refractivity contribution in [1.82, 2.24) is 15.6 Å². The van der Waals surface area contributed by atoms with Crippen molar-refractivity contribution in [3.05, 3.63) is 29.6 Å². The van der Waals surface area contributed by atoms with Crippen LogP contribution in [-0.4, -0.2) is 54.0 Å². The molecule has 0 fully saturated rings. The van der Waals surface area contributed by atoms with Crippen LogP contribution < -0.4 is 10.6 Å². The molecular formula is C19H27N3O6. The molecule has 0 unspecified atom stereocenters. The molecule has 0 saturated heterocycles. The lowest BCUT2D eigenvalue weighted by atomic mass is 10.3. The van der Waals surface area contributed by atoms with Crippen molar-refractivity contribution < 1.29 is 28.7 Å². The minimum Gasteiger partial charge on any atom is -0.448 e. The highest BCUT2D eigenvalue weighted by atomic mass is 16.6. The summed E-state index contributed by atoms with van der Waals surface area (Å²) in [6.07, 6.45) is -0.488. The normalized spacial score (nSPS) is 12.4. The van der Waals surface area contributed by atoms with Gasteiger partial charge in [-0.2, -0.15) is 0 Å². The molecule has 9 heteroatoms. The lowest BCUT2D eigenvalue weighted by Crippen LogP contribution is -2.36. The Labute approximate surface area is 164 Å². The number of amides is 2. The number of nitrogens with zero attached hydrogens (tertiary/aromatic N) is 1. The SMILES string of the molecule is CCCNC(=O)[C@H](C)OC(=O)c1cccc(C(=O)O[C@@H](C)C(=O)NCCC)n1. The predicted octanol–water partition coefficient (Wildman–Crippen LogP) is 1.22. The third-order valence-electron chi connectivity index (χ3n) is 3.57. The number of rotatable bonds is 10. The molecule has 0 bridgehead atoms. The molecule has 0 aliphatic carbocycles. The summed E-state index contributed by atoms with van der Waals surface area (Å²) in [5.41, 5.74) is -0.291. The standard InChI is InChI=1S/C19H27N3O6/c1-5-10-20-16(23)12(3)27-18(25)14-8-7-9-15(22-14)19(26)28-13(4)17(24)21-11-6-2/h7-9,12-13H,5-6,10-11H2,1-4H3,(H,20,23)(H,21,24)/t12-,13-/m0/s1. The van der Waals surface area contributed by atoms with Crippen molar-refractivity contribution in [2.75, 3.05) is 13.1 Å². The first-order valence-electron chi connectivity index (χ1n) is 9.24. The molecule has 2 N–H and O–H groups in total. The summed E-state index contributed by atoms with van der Waals surface area (Å²) >= 11 is 0. The minimum absolute atomic E-state index is 0.146. The van der Waals surface area contributed by atoms with Crippen molar-refractivity contribution >= 4 is 23.8 Å². The van der Waals surface area contributed by atoms with Crippen LogP contribution in [0, 0.1) is 0 Å². The number of carbonyl (C=O) groups is 4. The number of carbonyl (C=O) groups excluding carboxylic acids is 4. The first-order valence-corrected chi connectivity index (χ1v) is 9.24. The maximum Gasteiger partial charge on any atom is 0.357 e. The number of hydrogen-bond donors (Lipinski definition) is 2. The number of esters is 2. The monoisotopic (exact) mass is 393 g/mol. The number of ether oxygens (including phenoxy) is 2. The molecule has 1 heterocycles. The Morgan fingerprint density at radius 1 is 0.857 bits per heavy atom. The molecule has 0 saturated carbocycles. The summed E-state index contributed by atoms with van der Waals surface area (Å²) in [7, 11) is 0.